The average Bonchev–Trinajstić information content (AvgIpc) is 2.58. The molecular weight excluding hydrogens is 302 g/mol. The molecular formula is C19H21N3O2. The van der Waals surface area contributed by atoms with Crippen LogP contribution in [-0.4, -0.2) is 48.3 Å². The van der Waals surface area contributed by atoms with E-state index in [4.69, 9.17) is 0 Å². The van der Waals surface area contributed by atoms with Gasteiger partial charge in [0.15, 0.2) is 0 Å². The second kappa shape index (κ2) is 5.83. The summed E-state index contributed by atoms with van der Waals surface area (Å²) in [5, 5.41) is 12.8. The zero-order chi connectivity index (χ0) is 16.7. The van der Waals surface area contributed by atoms with Gasteiger partial charge < -0.3 is 20.2 Å². The van der Waals surface area contributed by atoms with Crippen LogP contribution in [-0.2, 0) is 0 Å². The molecule has 0 aromatic heterocycles. The topological polar surface area (TPSA) is 55.8 Å². The molecule has 24 heavy (non-hydrogen) atoms. The molecule has 2 aliphatic rings. The number of carbonyl (C=O) groups is 1. The predicted octanol–water partition coefficient (Wildman–Crippen LogP) is 2.50. The number of benzene rings is 2. The van der Waals surface area contributed by atoms with Crippen LogP contribution in [0.5, 0.6) is 0 Å². The Labute approximate surface area is 141 Å². The Hall–Kier alpha value is -2.53. The Morgan fingerprint density at radius 1 is 1.17 bits per heavy atom. The summed E-state index contributed by atoms with van der Waals surface area (Å²) in [6.45, 7) is 0.752. The lowest BCUT2D eigenvalue weighted by Crippen LogP contribution is -2.70. The molecule has 0 bridgehead atoms. The zero-order valence-corrected chi connectivity index (χ0v) is 13.6. The number of anilines is 2. The summed E-state index contributed by atoms with van der Waals surface area (Å²) in [5.41, 5.74) is 3.19. The number of aliphatic hydroxyl groups is 1. The van der Waals surface area contributed by atoms with Gasteiger partial charge in [0.05, 0.1) is 18.7 Å². The van der Waals surface area contributed by atoms with E-state index in [1.165, 1.54) is 11.3 Å². The summed E-state index contributed by atoms with van der Waals surface area (Å²) in [4.78, 5) is 16.7. The highest BCUT2D eigenvalue weighted by atomic mass is 16.3. The molecule has 0 spiro atoms. The van der Waals surface area contributed by atoms with Gasteiger partial charge in [0.25, 0.3) is 0 Å². The lowest BCUT2D eigenvalue weighted by Gasteiger charge is -2.58. The second-order valence-electron chi connectivity index (χ2n) is 6.49. The van der Waals surface area contributed by atoms with Crippen molar-refractivity contribution in [3.63, 3.8) is 0 Å². The number of urea groups is 1. The maximum absolute atomic E-state index is 12.7. The quantitative estimate of drug-likeness (QED) is 0.893. The first kappa shape index (κ1) is 15.0. The van der Waals surface area contributed by atoms with Crippen LogP contribution in [0.4, 0.5) is 16.2 Å². The molecule has 2 aliphatic heterocycles. The number of likely N-dealkylation sites (N-methyl/N-ethyl adjacent to an activating group) is 1. The summed E-state index contributed by atoms with van der Waals surface area (Å²) in [6.07, 6.45) is 0. The molecule has 2 heterocycles. The van der Waals surface area contributed by atoms with Gasteiger partial charge in [0.2, 0.25) is 0 Å². The number of aliphatic hydroxyl groups excluding tert-OH is 1. The molecule has 3 atom stereocenters. The Morgan fingerprint density at radius 3 is 2.62 bits per heavy atom. The molecule has 2 N–H and O–H groups in total. The number of para-hydroxylation sites is 2. The summed E-state index contributed by atoms with van der Waals surface area (Å²) in [5.74, 6) is 0.198. The highest BCUT2D eigenvalue weighted by Gasteiger charge is 2.54. The van der Waals surface area contributed by atoms with E-state index in [1.54, 1.807) is 4.90 Å². The monoisotopic (exact) mass is 323 g/mol. The molecule has 2 aromatic carbocycles. The van der Waals surface area contributed by atoms with Gasteiger partial charge in [0.1, 0.15) is 0 Å². The van der Waals surface area contributed by atoms with E-state index < -0.39 is 0 Å². The first-order chi connectivity index (χ1) is 11.7. The molecule has 5 nitrogen and oxygen atoms in total. The zero-order valence-electron chi connectivity index (χ0n) is 13.6. The minimum atomic E-state index is -0.173. The fourth-order valence-corrected chi connectivity index (χ4v) is 4.07. The number of carbonyl (C=O) groups excluding carboxylic acids is 1. The van der Waals surface area contributed by atoms with E-state index in [1.807, 2.05) is 42.5 Å². The molecule has 2 aromatic rings. The number of likely N-dealkylation sites (tertiary alicyclic amines) is 1. The van der Waals surface area contributed by atoms with Gasteiger partial charge in [-0.25, -0.2) is 4.79 Å². The second-order valence-corrected chi connectivity index (χ2v) is 6.49. The Morgan fingerprint density at radius 2 is 1.88 bits per heavy atom. The van der Waals surface area contributed by atoms with E-state index >= 15 is 0 Å². The number of amides is 2. The van der Waals surface area contributed by atoms with E-state index in [0.29, 0.717) is 0 Å². The van der Waals surface area contributed by atoms with E-state index in [9.17, 15) is 9.90 Å². The van der Waals surface area contributed by atoms with Crippen LogP contribution >= 0.6 is 0 Å². The SMILES string of the molecule is CN1C[C@@H]2[C@H](c3ccccc31)[C@H](CO)N2C(=O)Nc1ccccc1. The van der Waals surface area contributed by atoms with Gasteiger partial charge in [-0.1, -0.05) is 36.4 Å². The largest absolute Gasteiger partial charge is 0.394 e. The third-order valence-corrected chi connectivity index (χ3v) is 5.16. The third-order valence-electron chi connectivity index (χ3n) is 5.16. The van der Waals surface area contributed by atoms with Crippen LogP contribution < -0.4 is 10.2 Å². The number of hydrogen-bond donors (Lipinski definition) is 2. The van der Waals surface area contributed by atoms with Gasteiger partial charge in [0, 0.05) is 30.9 Å². The average molecular weight is 323 g/mol. The summed E-state index contributed by atoms with van der Waals surface area (Å²) < 4.78 is 0. The van der Waals surface area contributed by atoms with Crippen molar-refractivity contribution in [2.24, 2.45) is 0 Å². The highest BCUT2D eigenvalue weighted by Crippen LogP contribution is 2.47. The maximum atomic E-state index is 12.7. The third kappa shape index (κ3) is 2.24. The molecule has 124 valence electrons. The molecule has 1 saturated heterocycles. The molecule has 1 fully saturated rings. The van der Waals surface area contributed by atoms with Crippen LogP contribution in [0.15, 0.2) is 54.6 Å². The van der Waals surface area contributed by atoms with Crippen molar-refractivity contribution in [2.75, 3.05) is 30.4 Å². The van der Waals surface area contributed by atoms with Crippen LogP contribution in [0.25, 0.3) is 0 Å². The summed E-state index contributed by atoms with van der Waals surface area (Å²) in [7, 11) is 2.05. The van der Waals surface area contributed by atoms with Crippen LogP contribution in [0.3, 0.4) is 0 Å². The van der Waals surface area contributed by atoms with Crippen LogP contribution in [0.2, 0.25) is 0 Å². The molecule has 2 amide bonds. The van der Waals surface area contributed by atoms with Crippen LogP contribution in [0.1, 0.15) is 11.5 Å². The fraction of sp³-hybridized carbons (Fsp3) is 0.316. The van der Waals surface area contributed by atoms with Crippen molar-refractivity contribution < 1.29 is 9.90 Å². The van der Waals surface area contributed by atoms with Crippen molar-refractivity contribution in [2.45, 2.75) is 18.0 Å². The summed E-state index contributed by atoms with van der Waals surface area (Å²) >= 11 is 0. The lowest BCUT2D eigenvalue weighted by molar-refractivity contribution is -0.00226. The standard InChI is InChI=1S/C19H21N3O2/c1-21-11-16-18(14-9-5-6-10-15(14)21)17(12-23)22(16)19(24)20-13-7-3-2-4-8-13/h2-10,16-18,23H,11-12H2,1H3,(H,20,24)/t16-,17+,18+/m1/s1. The van der Waals surface area contributed by atoms with Crippen molar-refractivity contribution in [1.29, 1.82) is 0 Å². The van der Waals surface area contributed by atoms with Crippen molar-refractivity contribution in [3.05, 3.63) is 60.2 Å². The van der Waals surface area contributed by atoms with Gasteiger partial charge >= 0.3 is 6.03 Å². The molecule has 5 heteroatoms. The van der Waals surface area contributed by atoms with E-state index in [-0.39, 0.29) is 30.6 Å². The lowest BCUT2D eigenvalue weighted by atomic mass is 9.72. The maximum Gasteiger partial charge on any atom is 0.322 e. The highest BCUT2D eigenvalue weighted by molar-refractivity contribution is 5.91. The van der Waals surface area contributed by atoms with Gasteiger partial charge in [-0.2, -0.15) is 0 Å². The minimum Gasteiger partial charge on any atom is -0.394 e. The summed E-state index contributed by atoms with van der Waals surface area (Å²) in [6, 6.07) is 17.5. The first-order valence-electron chi connectivity index (χ1n) is 8.26. The molecule has 0 saturated carbocycles. The van der Waals surface area contributed by atoms with Gasteiger partial charge in [-0.15, -0.1) is 0 Å². The van der Waals surface area contributed by atoms with Gasteiger partial charge in [-0.05, 0) is 23.8 Å². The Kier molecular flexibility index (Phi) is 3.65. The van der Waals surface area contributed by atoms with Gasteiger partial charge in [-0.3, -0.25) is 0 Å². The van der Waals surface area contributed by atoms with Crippen molar-refractivity contribution >= 4 is 17.4 Å². The fourth-order valence-electron chi connectivity index (χ4n) is 4.07. The minimum absolute atomic E-state index is 0.0264. The molecule has 4 rings (SSSR count). The number of rotatable bonds is 2. The number of nitrogens with one attached hydrogen (secondary N) is 1. The molecule has 0 radical (unpaired) electrons. The van der Waals surface area contributed by atoms with E-state index in [2.05, 4.69) is 29.4 Å². The predicted molar refractivity (Wildman–Crippen MR) is 94.4 cm³/mol. The number of nitrogens with zero attached hydrogens (tertiary/aromatic N) is 2. The first-order valence-corrected chi connectivity index (χ1v) is 8.26. The van der Waals surface area contributed by atoms with Crippen molar-refractivity contribution in [1.82, 2.24) is 4.90 Å². The van der Waals surface area contributed by atoms with E-state index in [0.717, 1.165) is 12.2 Å². The smallest absolute Gasteiger partial charge is 0.322 e. The number of hydrogen-bond acceptors (Lipinski definition) is 3. The normalized spacial score (nSPS) is 24.7. The number of fused-ring (bicyclic) bond motifs is 3. The van der Waals surface area contributed by atoms with Crippen molar-refractivity contribution in [3.8, 4) is 0 Å². The Balaban J connectivity index is 1.60. The Bertz CT molecular complexity index is 749. The molecule has 0 unspecified atom stereocenters. The van der Waals surface area contributed by atoms with Crippen LogP contribution in [0, 0.1) is 0 Å². The molecule has 0 aliphatic carbocycles.